The predicted molar refractivity (Wildman–Crippen MR) is 77.7 cm³/mol. The van der Waals surface area contributed by atoms with Crippen LogP contribution in [0.2, 0.25) is 0 Å². The number of hydrogen-bond donors (Lipinski definition) is 1. The van der Waals surface area contributed by atoms with Gasteiger partial charge in [0.25, 0.3) is 0 Å². The summed E-state index contributed by atoms with van der Waals surface area (Å²) < 4.78 is 15.2. The van der Waals surface area contributed by atoms with E-state index >= 15 is 0 Å². The van der Waals surface area contributed by atoms with Crippen molar-refractivity contribution in [2.75, 3.05) is 21.3 Å². The van der Waals surface area contributed by atoms with Gasteiger partial charge in [-0.3, -0.25) is 0 Å². The van der Waals surface area contributed by atoms with Crippen LogP contribution in [0.15, 0.2) is 30.5 Å². The van der Waals surface area contributed by atoms with Crippen LogP contribution >= 0.6 is 0 Å². The van der Waals surface area contributed by atoms with Gasteiger partial charge in [0.1, 0.15) is 17.1 Å². The molecule has 0 atom stereocenters. The fraction of sp³-hybridized carbons (Fsp3) is 0.188. The summed E-state index contributed by atoms with van der Waals surface area (Å²) in [6, 6.07) is 6.97. The molecule has 5 nitrogen and oxygen atoms in total. The van der Waals surface area contributed by atoms with Crippen molar-refractivity contribution in [3.8, 4) is 23.3 Å². The molecular weight excluding hydrogens is 270 g/mol. The fourth-order valence-corrected chi connectivity index (χ4v) is 1.82. The van der Waals surface area contributed by atoms with Crippen molar-refractivity contribution in [3.63, 3.8) is 0 Å². The monoisotopic (exact) mass is 285 g/mol. The number of rotatable bonds is 3. The predicted octanol–water partition coefficient (Wildman–Crippen LogP) is 2.22. The highest BCUT2D eigenvalue weighted by Crippen LogP contribution is 2.29. The lowest BCUT2D eigenvalue weighted by molar-refractivity contribution is 0.0596. The molecule has 5 heteroatoms. The number of nitrogens with one attached hydrogen (secondary N) is 1. The van der Waals surface area contributed by atoms with Gasteiger partial charge in [-0.2, -0.15) is 0 Å². The molecule has 0 saturated heterocycles. The molecule has 1 heterocycles. The minimum Gasteiger partial charge on any atom is -0.497 e. The Hall–Kier alpha value is -2.87. The van der Waals surface area contributed by atoms with Crippen molar-refractivity contribution in [3.05, 3.63) is 47.3 Å². The Bertz CT molecular complexity index is 693. The molecule has 1 aromatic heterocycles. The lowest BCUT2D eigenvalue weighted by Crippen LogP contribution is -2.07. The second-order valence-electron chi connectivity index (χ2n) is 4.08. The van der Waals surface area contributed by atoms with E-state index in [1.807, 2.05) is 12.1 Å². The maximum absolute atomic E-state index is 12.0. The first-order valence-electron chi connectivity index (χ1n) is 6.19. The summed E-state index contributed by atoms with van der Waals surface area (Å²) in [7, 11) is 4.33. The maximum atomic E-state index is 12.0. The Morgan fingerprint density at radius 2 is 1.95 bits per heavy atom. The van der Waals surface area contributed by atoms with Crippen LogP contribution in [-0.2, 0) is 4.74 Å². The molecule has 2 aromatic rings. The number of benzene rings is 1. The fourth-order valence-electron chi connectivity index (χ4n) is 1.82. The van der Waals surface area contributed by atoms with Gasteiger partial charge in [-0.15, -0.1) is 0 Å². The molecule has 0 spiro atoms. The third-order valence-electron chi connectivity index (χ3n) is 2.85. The highest BCUT2D eigenvalue weighted by atomic mass is 16.5. The van der Waals surface area contributed by atoms with Crippen LogP contribution in [0.1, 0.15) is 21.6 Å². The summed E-state index contributed by atoms with van der Waals surface area (Å²) >= 11 is 0. The second-order valence-corrected chi connectivity index (χ2v) is 4.08. The Balaban J connectivity index is 2.57. The number of ether oxygens (including phenoxy) is 3. The zero-order valence-corrected chi connectivity index (χ0v) is 12.0. The van der Waals surface area contributed by atoms with Crippen LogP contribution in [0.3, 0.4) is 0 Å². The lowest BCUT2D eigenvalue weighted by atomic mass is 10.1. The van der Waals surface area contributed by atoms with E-state index in [2.05, 4.69) is 16.8 Å². The number of carbonyl (C=O) groups is 1. The van der Waals surface area contributed by atoms with Crippen LogP contribution in [0.5, 0.6) is 11.5 Å². The van der Waals surface area contributed by atoms with Gasteiger partial charge in [-0.1, -0.05) is 5.92 Å². The van der Waals surface area contributed by atoms with E-state index in [1.165, 1.54) is 21.3 Å². The number of hydrogen-bond acceptors (Lipinski definition) is 4. The summed E-state index contributed by atoms with van der Waals surface area (Å²) in [5, 5.41) is 0. The largest absolute Gasteiger partial charge is 0.497 e. The van der Waals surface area contributed by atoms with Gasteiger partial charge in [-0.05, 0) is 24.1 Å². The van der Waals surface area contributed by atoms with Gasteiger partial charge >= 0.3 is 5.97 Å². The molecule has 0 bridgehead atoms. The Kier molecular flexibility index (Phi) is 4.52. The van der Waals surface area contributed by atoms with E-state index < -0.39 is 5.97 Å². The van der Waals surface area contributed by atoms with E-state index in [1.54, 1.807) is 18.3 Å². The lowest BCUT2D eigenvalue weighted by Gasteiger charge is -2.11. The summed E-state index contributed by atoms with van der Waals surface area (Å²) in [4.78, 5) is 14.9. The van der Waals surface area contributed by atoms with E-state index in [-0.39, 0.29) is 5.56 Å². The standard InChI is InChI=1S/C16H15NO4/c1-19-13-9-11(6-7-12-5-4-8-17-12)15(16(18)21-3)14(10-13)20-2/h4-5,8-10,17H,1-3H3. The average molecular weight is 285 g/mol. The quantitative estimate of drug-likeness (QED) is 0.694. The van der Waals surface area contributed by atoms with Gasteiger partial charge in [0, 0.05) is 17.8 Å². The summed E-state index contributed by atoms with van der Waals surface area (Å²) in [5.74, 6) is 6.28. The van der Waals surface area contributed by atoms with Crippen molar-refractivity contribution < 1.29 is 19.0 Å². The smallest absolute Gasteiger partial charge is 0.342 e. The number of methoxy groups -OCH3 is 3. The minimum atomic E-state index is -0.509. The number of aromatic amines is 1. The van der Waals surface area contributed by atoms with Gasteiger partial charge < -0.3 is 19.2 Å². The topological polar surface area (TPSA) is 60.6 Å². The van der Waals surface area contributed by atoms with Crippen molar-refractivity contribution in [1.29, 1.82) is 0 Å². The van der Waals surface area contributed by atoms with Crippen molar-refractivity contribution >= 4 is 5.97 Å². The maximum Gasteiger partial charge on any atom is 0.342 e. The van der Waals surface area contributed by atoms with Crippen molar-refractivity contribution in [2.24, 2.45) is 0 Å². The Morgan fingerprint density at radius 1 is 1.14 bits per heavy atom. The van der Waals surface area contributed by atoms with Crippen LogP contribution in [0, 0.1) is 11.8 Å². The summed E-state index contributed by atoms with van der Waals surface area (Å²) in [6.45, 7) is 0. The first-order valence-corrected chi connectivity index (χ1v) is 6.19. The molecule has 0 radical (unpaired) electrons. The average Bonchev–Trinajstić information content (AvgIpc) is 3.04. The van der Waals surface area contributed by atoms with Crippen molar-refractivity contribution in [2.45, 2.75) is 0 Å². The second kappa shape index (κ2) is 6.53. The highest BCUT2D eigenvalue weighted by Gasteiger charge is 2.19. The first kappa shape index (κ1) is 14.5. The normalized spacial score (nSPS) is 9.48. The molecule has 2 rings (SSSR count). The van der Waals surface area contributed by atoms with Crippen molar-refractivity contribution in [1.82, 2.24) is 4.98 Å². The summed E-state index contributed by atoms with van der Waals surface area (Å²) in [5.41, 5.74) is 1.50. The van der Waals surface area contributed by atoms with E-state index in [0.717, 1.165) is 5.69 Å². The molecule has 108 valence electrons. The zero-order valence-electron chi connectivity index (χ0n) is 12.0. The van der Waals surface area contributed by atoms with Gasteiger partial charge in [0.2, 0.25) is 0 Å². The molecule has 0 aliphatic rings. The molecule has 0 saturated carbocycles. The third kappa shape index (κ3) is 3.18. The molecule has 0 fully saturated rings. The van der Waals surface area contributed by atoms with E-state index in [9.17, 15) is 4.79 Å². The minimum absolute atomic E-state index is 0.278. The molecule has 0 aliphatic heterocycles. The molecular formula is C16H15NO4. The number of esters is 1. The van der Waals surface area contributed by atoms with Gasteiger partial charge in [-0.25, -0.2) is 4.79 Å². The van der Waals surface area contributed by atoms with E-state index in [4.69, 9.17) is 14.2 Å². The molecule has 21 heavy (non-hydrogen) atoms. The molecule has 0 unspecified atom stereocenters. The van der Waals surface area contributed by atoms with E-state index in [0.29, 0.717) is 17.1 Å². The van der Waals surface area contributed by atoms with Gasteiger partial charge in [0.15, 0.2) is 0 Å². The molecule has 1 aromatic carbocycles. The SMILES string of the molecule is COC(=O)c1c(C#Cc2ccc[nH]2)cc(OC)cc1OC. The van der Waals surface area contributed by atoms with Crippen LogP contribution in [0.4, 0.5) is 0 Å². The Labute approximate surface area is 122 Å². The zero-order chi connectivity index (χ0) is 15.2. The third-order valence-corrected chi connectivity index (χ3v) is 2.85. The number of aromatic nitrogens is 1. The highest BCUT2D eigenvalue weighted by molar-refractivity contribution is 5.95. The Morgan fingerprint density at radius 3 is 2.52 bits per heavy atom. The molecule has 0 amide bonds. The molecule has 0 aliphatic carbocycles. The van der Waals surface area contributed by atoms with Gasteiger partial charge in [0.05, 0.1) is 27.0 Å². The van der Waals surface area contributed by atoms with Crippen LogP contribution < -0.4 is 9.47 Å². The first-order chi connectivity index (χ1) is 10.2. The van der Waals surface area contributed by atoms with Crippen LogP contribution in [0.25, 0.3) is 0 Å². The number of H-pyrrole nitrogens is 1. The van der Waals surface area contributed by atoms with Crippen LogP contribution in [-0.4, -0.2) is 32.3 Å². The number of carbonyl (C=O) groups excluding carboxylic acids is 1. The summed E-state index contributed by atoms with van der Waals surface area (Å²) in [6.07, 6.45) is 1.78. The molecule has 1 N–H and O–H groups in total.